The predicted octanol–water partition coefficient (Wildman–Crippen LogP) is 3.25. The molecule has 0 heterocycles. The molecule has 0 fully saturated rings. The van der Waals surface area contributed by atoms with Crippen molar-refractivity contribution in [3.63, 3.8) is 0 Å². The molecule has 0 aliphatic heterocycles. The number of carboxylic acid groups (broad SMARTS) is 1. The van der Waals surface area contributed by atoms with Crippen LogP contribution in [0.1, 0.15) is 44.6 Å². The Morgan fingerprint density at radius 2 is 2.10 bits per heavy atom. The molecule has 0 radical (unpaired) electrons. The van der Waals surface area contributed by atoms with Crippen molar-refractivity contribution in [3.05, 3.63) is 29.8 Å². The quantitative estimate of drug-likeness (QED) is 0.581. The number of hydrogen-bond acceptors (Lipinski definition) is 3. The van der Waals surface area contributed by atoms with Gasteiger partial charge in [-0.05, 0) is 37.1 Å². The van der Waals surface area contributed by atoms with Gasteiger partial charge in [0.15, 0.2) is 0 Å². The molecule has 0 unspecified atom stereocenters. The van der Waals surface area contributed by atoms with Crippen LogP contribution in [0.25, 0.3) is 0 Å². The first-order chi connectivity index (χ1) is 10.2. The van der Waals surface area contributed by atoms with E-state index in [1.54, 1.807) is 0 Å². The Hall–Kier alpha value is -1.55. The van der Waals surface area contributed by atoms with Gasteiger partial charge in [-0.1, -0.05) is 38.3 Å². The van der Waals surface area contributed by atoms with E-state index in [0.717, 1.165) is 31.7 Å². The van der Waals surface area contributed by atoms with Crippen molar-refractivity contribution in [2.24, 2.45) is 0 Å². The fourth-order valence-electron chi connectivity index (χ4n) is 2.06. The lowest BCUT2D eigenvalue weighted by atomic mass is 10.1. The van der Waals surface area contributed by atoms with E-state index in [0.29, 0.717) is 6.54 Å². The number of carboxylic acids is 1. The van der Waals surface area contributed by atoms with Crippen LogP contribution in [0.5, 0.6) is 5.75 Å². The van der Waals surface area contributed by atoms with Crippen LogP contribution < -0.4 is 10.1 Å². The molecular weight excluding hydrogens is 266 g/mol. The van der Waals surface area contributed by atoms with E-state index in [-0.39, 0.29) is 6.42 Å². The summed E-state index contributed by atoms with van der Waals surface area (Å²) in [4.78, 5) is 10.4. The number of ether oxygens (including phenoxy) is 1. The molecule has 0 atom stereocenters. The molecule has 1 aromatic rings. The average Bonchev–Trinajstić information content (AvgIpc) is 2.47. The second-order valence-electron chi connectivity index (χ2n) is 5.20. The third kappa shape index (κ3) is 9.08. The number of hydrogen-bond donors (Lipinski definition) is 2. The van der Waals surface area contributed by atoms with Crippen LogP contribution in [0.2, 0.25) is 0 Å². The highest BCUT2D eigenvalue weighted by atomic mass is 16.5. The standard InChI is InChI=1S/C17H27NO3/c1-2-3-4-5-13-21-16-8-6-7-15(14-16)9-11-18-12-10-17(19)20/h6-8,14,18H,2-5,9-13H2,1H3,(H,19,20). The summed E-state index contributed by atoms with van der Waals surface area (Å²) in [6.07, 6.45) is 5.89. The summed E-state index contributed by atoms with van der Waals surface area (Å²) >= 11 is 0. The summed E-state index contributed by atoms with van der Waals surface area (Å²) in [5.41, 5.74) is 1.21. The van der Waals surface area contributed by atoms with E-state index >= 15 is 0 Å². The number of rotatable bonds is 12. The Balaban J connectivity index is 2.20. The molecule has 21 heavy (non-hydrogen) atoms. The Morgan fingerprint density at radius 1 is 1.24 bits per heavy atom. The zero-order chi connectivity index (χ0) is 15.3. The van der Waals surface area contributed by atoms with Crippen LogP contribution in [0.4, 0.5) is 0 Å². The number of unbranched alkanes of at least 4 members (excludes halogenated alkanes) is 3. The molecule has 0 aliphatic rings. The van der Waals surface area contributed by atoms with Gasteiger partial charge in [-0.15, -0.1) is 0 Å². The molecule has 0 bridgehead atoms. The van der Waals surface area contributed by atoms with Crippen LogP contribution >= 0.6 is 0 Å². The maximum Gasteiger partial charge on any atom is 0.304 e. The van der Waals surface area contributed by atoms with Gasteiger partial charge in [0.25, 0.3) is 0 Å². The van der Waals surface area contributed by atoms with Crippen molar-refractivity contribution in [2.75, 3.05) is 19.7 Å². The predicted molar refractivity (Wildman–Crippen MR) is 84.9 cm³/mol. The zero-order valence-electron chi connectivity index (χ0n) is 12.9. The van der Waals surface area contributed by atoms with Crippen LogP contribution in [0.15, 0.2) is 24.3 Å². The Kier molecular flexibility index (Phi) is 9.29. The first-order valence-corrected chi connectivity index (χ1v) is 7.86. The SMILES string of the molecule is CCCCCCOc1cccc(CCNCCC(=O)O)c1. The van der Waals surface area contributed by atoms with Gasteiger partial charge in [0.05, 0.1) is 13.0 Å². The minimum absolute atomic E-state index is 0.168. The van der Waals surface area contributed by atoms with E-state index in [4.69, 9.17) is 9.84 Å². The number of carbonyl (C=O) groups is 1. The van der Waals surface area contributed by atoms with Crippen molar-refractivity contribution < 1.29 is 14.6 Å². The molecule has 1 aromatic carbocycles. The summed E-state index contributed by atoms with van der Waals surface area (Å²) in [6, 6.07) is 8.14. The van der Waals surface area contributed by atoms with Crippen molar-refractivity contribution in [2.45, 2.75) is 45.4 Å². The summed E-state index contributed by atoms with van der Waals surface area (Å²) < 4.78 is 5.75. The van der Waals surface area contributed by atoms with E-state index in [9.17, 15) is 4.79 Å². The van der Waals surface area contributed by atoms with Gasteiger partial charge >= 0.3 is 5.97 Å². The van der Waals surface area contributed by atoms with Gasteiger partial charge in [0, 0.05) is 6.54 Å². The van der Waals surface area contributed by atoms with Gasteiger partial charge in [-0.25, -0.2) is 0 Å². The first-order valence-electron chi connectivity index (χ1n) is 7.86. The number of nitrogens with one attached hydrogen (secondary N) is 1. The van der Waals surface area contributed by atoms with Crippen LogP contribution in [-0.4, -0.2) is 30.8 Å². The van der Waals surface area contributed by atoms with Crippen molar-refractivity contribution in [1.29, 1.82) is 0 Å². The van der Waals surface area contributed by atoms with Crippen molar-refractivity contribution >= 4 is 5.97 Å². The van der Waals surface area contributed by atoms with Gasteiger partial charge < -0.3 is 15.2 Å². The lowest BCUT2D eigenvalue weighted by Crippen LogP contribution is -2.20. The third-order valence-corrected chi connectivity index (χ3v) is 3.27. The Bertz CT molecular complexity index is 407. The van der Waals surface area contributed by atoms with Gasteiger partial charge in [-0.2, -0.15) is 0 Å². The summed E-state index contributed by atoms with van der Waals surface area (Å²) in [6.45, 7) is 4.28. The maximum atomic E-state index is 10.4. The fraction of sp³-hybridized carbons (Fsp3) is 0.588. The summed E-state index contributed by atoms with van der Waals surface area (Å²) in [5.74, 6) is 0.163. The number of benzene rings is 1. The minimum atomic E-state index is -0.763. The third-order valence-electron chi connectivity index (χ3n) is 3.27. The molecule has 2 N–H and O–H groups in total. The van der Waals surface area contributed by atoms with Crippen molar-refractivity contribution in [3.8, 4) is 5.75 Å². The molecule has 0 saturated heterocycles. The van der Waals surface area contributed by atoms with E-state index < -0.39 is 5.97 Å². The number of aliphatic carboxylic acids is 1. The Labute approximate surface area is 127 Å². The zero-order valence-corrected chi connectivity index (χ0v) is 12.9. The molecule has 4 nitrogen and oxygen atoms in total. The summed E-state index contributed by atoms with van der Waals surface area (Å²) in [7, 11) is 0. The molecule has 0 aromatic heterocycles. The topological polar surface area (TPSA) is 58.6 Å². The van der Waals surface area contributed by atoms with E-state index in [2.05, 4.69) is 24.4 Å². The lowest BCUT2D eigenvalue weighted by Gasteiger charge is -2.08. The second-order valence-corrected chi connectivity index (χ2v) is 5.20. The molecule has 0 amide bonds. The highest BCUT2D eigenvalue weighted by molar-refractivity contribution is 5.66. The van der Waals surface area contributed by atoms with Gasteiger partial charge in [0.1, 0.15) is 5.75 Å². The van der Waals surface area contributed by atoms with Crippen LogP contribution in [0.3, 0.4) is 0 Å². The maximum absolute atomic E-state index is 10.4. The Morgan fingerprint density at radius 3 is 2.86 bits per heavy atom. The molecule has 118 valence electrons. The van der Waals surface area contributed by atoms with Crippen molar-refractivity contribution in [1.82, 2.24) is 5.32 Å². The van der Waals surface area contributed by atoms with E-state index in [1.165, 1.54) is 24.8 Å². The summed E-state index contributed by atoms with van der Waals surface area (Å²) in [5, 5.41) is 11.7. The normalized spacial score (nSPS) is 10.5. The highest BCUT2D eigenvalue weighted by Crippen LogP contribution is 2.14. The molecule has 0 saturated carbocycles. The minimum Gasteiger partial charge on any atom is -0.494 e. The van der Waals surface area contributed by atoms with Gasteiger partial charge in [0.2, 0.25) is 0 Å². The molecule has 4 heteroatoms. The first kappa shape index (κ1) is 17.5. The molecule has 0 aliphatic carbocycles. The molecular formula is C17H27NO3. The average molecular weight is 293 g/mol. The van der Waals surface area contributed by atoms with Gasteiger partial charge in [-0.3, -0.25) is 4.79 Å². The lowest BCUT2D eigenvalue weighted by molar-refractivity contribution is -0.136. The molecule has 0 spiro atoms. The monoisotopic (exact) mass is 293 g/mol. The smallest absolute Gasteiger partial charge is 0.304 e. The largest absolute Gasteiger partial charge is 0.494 e. The van der Waals surface area contributed by atoms with Crippen LogP contribution in [0, 0.1) is 0 Å². The molecule has 1 rings (SSSR count). The van der Waals surface area contributed by atoms with Crippen LogP contribution in [-0.2, 0) is 11.2 Å². The highest BCUT2D eigenvalue weighted by Gasteiger charge is 1.99. The fourth-order valence-corrected chi connectivity index (χ4v) is 2.06. The van der Waals surface area contributed by atoms with E-state index in [1.807, 2.05) is 12.1 Å². The second kappa shape index (κ2) is 11.1.